The van der Waals surface area contributed by atoms with Crippen molar-refractivity contribution in [1.82, 2.24) is 5.16 Å². The van der Waals surface area contributed by atoms with Crippen LogP contribution in [0.4, 0.5) is 5.69 Å². The van der Waals surface area contributed by atoms with E-state index in [1.165, 1.54) is 0 Å². The second kappa shape index (κ2) is 7.31. The van der Waals surface area contributed by atoms with Crippen molar-refractivity contribution in [3.05, 3.63) is 82.7 Å². The van der Waals surface area contributed by atoms with Crippen LogP contribution in [0.25, 0.3) is 0 Å². The summed E-state index contributed by atoms with van der Waals surface area (Å²) in [5, 5.41) is 17.5. The Morgan fingerprint density at radius 3 is 2.57 bits per heavy atom. The normalized spacial score (nSPS) is 12.1. The third kappa shape index (κ3) is 3.55. The number of benzene rings is 2. The van der Waals surface area contributed by atoms with Crippen molar-refractivity contribution in [1.29, 1.82) is 0 Å². The zero-order valence-electron chi connectivity index (χ0n) is 12.4. The Bertz CT molecular complexity index is 758. The Kier molecular flexibility index (Phi) is 4.95. The number of aromatic nitrogens is 1. The molecule has 1 unspecified atom stereocenters. The van der Waals surface area contributed by atoms with Gasteiger partial charge in [-0.25, -0.2) is 0 Å². The van der Waals surface area contributed by atoms with E-state index in [-0.39, 0.29) is 12.6 Å². The number of rotatable bonds is 6. The fraction of sp³-hybridized carbons (Fsp3) is 0.167. The summed E-state index contributed by atoms with van der Waals surface area (Å²) >= 11 is 6.38. The molecule has 0 saturated carbocycles. The first-order valence-corrected chi connectivity index (χ1v) is 7.77. The van der Waals surface area contributed by atoms with Crippen molar-refractivity contribution in [2.45, 2.75) is 12.5 Å². The van der Waals surface area contributed by atoms with Gasteiger partial charge in [0.1, 0.15) is 12.0 Å². The Labute approximate surface area is 139 Å². The molecule has 3 rings (SSSR count). The van der Waals surface area contributed by atoms with Crippen LogP contribution in [-0.2, 0) is 6.42 Å². The molecule has 3 aromatic rings. The zero-order chi connectivity index (χ0) is 16.1. The van der Waals surface area contributed by atoms with Crippen molar-refractivity contribution >= 4 is 17.3 Å². The third-order valence-electron chi connectivity index (χ3n) is 3.63. The van der Waals surface area contributed by atoms with Gasteiger partial charge in [0, 0.05) is 29.3 Å². The molecule has 0 spiro atoms. The smallest absolute Gasteiger partial charge is 0.127 e. The molecule has 1 aromatic heterocycles. The van der Waals surface area contributed by atoms with Gasteiger partial charge >= 0.3 is 0 Å². The molecule has 0 fully saturated rings. The molecule has 0 aliphatic heterocycles. The van der Waals surface area contributed by atoms with E-state index >= 15 is 0 Å². The molecule has 118 valence electrons. The topological polar surface area (TPSA) is 58.3 Å². The number of anilines is 1. The van der Waals surface area contributed by atoms with Gasteiger partial charge < -0.3 is 14.9 Å². The van der Waals surface area contributed by atoms with Crippen molar-refractivity contribution in [3.63, 3.8) is 0 Å². The summed E-state index contributed by atoms with van der Waals surface area (Å²) in [6.07, 6.45) is 2.05. The second-order valence-electron chi connectivity index (χ2n) is 5.16. The molecular formula is C18H17ClN2O2. The van der Waals surface area contributed by atoms with Gasteiger partial charge in [0.05, 0.1) is 6.04 Å². The van der Waals surface area contributed by atoms with Crippen LogP contribution in [0, 0.1) is 0 Å². The number of aliphatic hydroxyl groups excluding tert-OH is 1. The highest BCUT2D eigenvalue weighted by Gasteiger charge is 2.23. The maximum absolute atomic E-state index is 9.24. The number of hydrogen-bond donors (Lipinski definition) is 2. The largest absolute Gasteiger partial charge is 0.396 e. The molecule has 4 nitrogen and oxygen atoms in total. The van der Waals surface area contributed by atoms with Crippen LogP contribution in [0.2, 0.25) is 5.02 Å². The SMILES string of the molecule is OCCc1conc1C(Nc1ccccc1)c1ccccc1Cl. The maximum Gasteiger partial charge on any atom is 0.127 e. The van der Waals surface area contributed by atoms with E-state index in [0.29, 0.717) is 11.4 Å². The molecular weight excluding hydrogens is 312 g/mol. The van der Waals surface area contributed by atoms with Gasteiger partial charge in [-0.3, -0.25) is 0 Å². The minimum absolute atomic E-state index is 0.0365. The molecule has 2 N–H and O–H groups in total. The fourth-order valence-electron chi connectivity index (χ4n) is 2.51. The molecule has 0 bridgehead atoms. The summed E-state index contributed by atoms with van der Waals surface area (Å²) in [7, 11) is 0. The lowest BCUT2D eigenvalue weighted by molar-refractivity contribution is 0.299. The number of aliphatic hydroxyl groups is 1. The van der Waals surface area contributed by atoms with Crippen LogP contribution in [-0.4, -0.2) is 16.9 Å². The highest BCUT2D eigenvalue weighted by Crippen LogP contribution is 2.32. The third-order valence-corrected chi connectivity index (χ3v) is 3.97. The van der Waals surface area contributed by atoms with Gasteiger partial charge in [-0.1, -0.05) is 53.2 Å². The lowest BCUT2D eigenvalue weighted by Gasteiger charge is -2.20. The fourth-order valence-corrected chi connectivity index (χ4v) is 2.76. The Balaban J connectivity index is 2.03. The molecule has 0 radical (unpaired) electrons. The number of nitrogens with one attached hydrogen (secondary N) is 1. The van der Waals surface area contributed by atoms with Gasteiger partial charge in [-0.05, 0) is 23.8 Å². The van der Waals surface area contributed by atoms with E-state index in [1.807, 2.05) is 54.6 Å². The van der Waals surface area contributed by atoms with Gasteiger partial charge in [0.2, 0.25) is 0 Å². The molecule has 2 aromatic carbocycles. The molecule has 1 heterocycles. The first-order chi connectivity index (χ1) is 11.3. The Morgan fingerprint density at radius 2 is 1.83 bits per heavy atom. The number of hydrogen-bond acceptors (Lipinski definition) is 4. The molecule has 0 saturated heterocycles. The van der Waals surface area contributed by atoms with Gasteiger partial charge in [0.15, 0.2) is 0 Å². The Morgan fingerprint density at radius 1 is 1.09 bits per heavy atom. The van der Waals surface area contributed by atoms with Crippen molar-refractivity contribution in [2.24, 2.45) is 0 Å². The summed E-state index contributed by atoms with van der Waals surface area (Å²) < 4.78 is 5.13. The standard InChI is InChI=1S/C18H17ClN2O2/c19-16-9-5-4-8-15(16)18(20-14-6-2-1-3-7-14)17-13(10-11-22)12-23-21-17/h1-9,12,18,20,22H,10-11H2. The number of halogens is 1. The van der Waals surface area contributed by atoms with E-state index < -0.39 is 0 Å². The van der Waals surface area contributed by atoms with E-state index in [9.17, 15) is 5.11 Å². The highest BCUT2D eigenvalue weighted by atomic mass is 35.5. The first kappa shape index (κ1) is 15.6. The molecule has 1 atom stereocenters. The lowest BCUT2D eigenvalue weighted by Crippen LogP contribution is -2.15. The van der Waals surface area contributed by atoms with Crippen molar-refractivity contribution in [3.8, 4) is 0 Å². The minimum atomic E-state index is -0.258. The van der Waals surface area contributed by atoms with Crippen LogP contribution >= 0.6 is 11.6 Å². The highest BCUT2D eigenvalue weighted by molar-refractivity contribution is 6.31. The summed E-state index contributed by atoms with van der Waals surface area (Å²) in [6.45, 7) is 0.0365. The van der Waals surface area contributed by atoms with Crippen molar-refractivity contribution < 1.29 is 9.63 Å². The van der Waals surface area contributed by atoms with E-state index in [1.54, 1.807) is 6.26 Å². The molecule has 0 aliphatic rings. The van der Waals surface area contributed by atoms with Gasteiger partial charge in [-0.15, -0.1) is 0 Å². The molecule has 0 aliphatic carbocycles. The first-order valence-electron chi connectivity index (χ1n) is 7.39. The zero-order valence-corrected chi connectivity index (χ0v) is 13.2. The van der Waals surface area contributed by atoms with Gasteiger partial charge in [0.25, 0.3) is 0 Å². The van der Waals surface area contributed by atoms with Crippen LogP contribution in [0.15, 0.2) is 65.4 Å². The monoisotopic (exact) mass is 328 g/mol. The van der Waals surface area contributed by atoms with Crippen LogP contribution in [0.5, 0.6) is 0 Å². The van der Waals surface area contributed by atoms with Crippen molar-refractivity contribution in [2.75, 3.05) is 11.9 Å². The molecule has 5 heteroatoms. The van der Waals surface area contributed by atoms with Crippen LogP contribution in [0.3, 0.4) is 0 Å². The predicted molar refractivity (Wildman–Crippen MR) is 90.7 cm³/mol. The quantitative estimate of drug-likeness (QED) is 0.716. The van der Waals surface area contributed by atoms with Gasteiger partial charge in [-0.2, -0.15) is 0 Å². The summed E-state index contributed by atoms with van der Waals surface area (Å²) in [5.41, 5.74) is 3.46. The Hall–Kier alpha value is -2.30. The maximum atomic E-state index is 9.24. The average molecular weight is 329 g/mol. The molecule has 0 amide bonds. The van der Waals surface area contributed by atoms with E-state index in [4.69, 9.17) is 16.1 Å². The van der Waals surface area contributed by atoms with E-state index in [2.05, 4.69) is 10.5 Å². The lowest BCUT2D eigenvalue weighted by atomic mass is 9.99. The summed E-state index contributed by atoms with van der Waals surface area (Å²) in [5.74, 6) is 0. The predicted octanol–water partition coefficient (Wildman–Crippen LogP) is 4.06. The van der Waals surface area contributed by atoms with Crippen LogP contribution in [0.1, 0.15) is 22.9 Å². The van der Waals surface area contributed by atoms with E-state index in [0.717, 1.165) is 22.5 Å². The number of para-hydroxylation sites is 1. The summed E-state index contributed by atoms with van der Waals surface area (Å²) in [6, 6.07) is 17.2. The van der Waals surface area contributed by atoms with Crippen LogP contribution < -0.4 is 5.32 Å². The minimum Gasteiger partial charge on any atom is -0.396 e. The molecule has 23 heavy (non-hydrogen) atoms. The average Bonchev–Trinajstić information content (AvgIpc) is 3.03. The second-order valence-corrected chi connectivity index (χ2v) is 5.57. The number of nitrogens with zero attached hydrogens (tertiary/aromatic N) is 1. The summed E-state index contributed by atoms with van der Waals surface area (Å²) in [4.78, 5) is 0.